The first-order valence-electron chi connectivity index (χ1n) is 12.7. The molecule has 3 aliphatic rings. The second-order valence-corrected chi connectivity index (χ2v) is 8.50. The second-order valence-electron chi connectivity index (χ2n) is 8.50. The van der Waals surface area contributed by atoms with Crippen molar-refractivity contribution in [3.05, 3.63) is 64.5 Å². The van der Waals surface area contributed by atoms with Crippen molar-refractivity contribution in [1.82, 2.24) is 15.1 Å². The van der Waals surface area contributed by atoms with Crippen molar-refractivity contribution in [2.24, 2.45) is 0 Å². The zero-order chi connectivity index (χ0) is 26.4. The van der Waals surface area contributed by atoms with Crippen molar-refractivity contribution < 1.29 is 27.6 Å². The lowest BCUT2D eigenvalue weighted by Crippen LogP contribution is -2.52. The van der Waals surface area contributed by atoms with Crippen LogP contribution in [0.15, 0.2) is 36.4 Å². The Hall–Kier alpha value is -3.30. The Labute approximate surface area is 201 Å². The Balaban J connectivity index is 1.36. The maximum atomic E-state index is 15.1. The number of rotatable bonds is 6. The molecule has 0 radical (unpaired) electrons. The zero-order valence-corrected chi connectivity index (χ0v) is 18.5. The van der Waals surface area contributed by atoms with Crippen LogP contribution >= 0.6 is 0 Å². The van der Waals surface area contributed by atoms with E-state index < -0.39 is 36.1 Å². The van der Waals surface area contributed by atoms with E-state index in [0.717, 1.165) is 23.6 Å². The molecule has 9 heteroatoms. The fourth-order valence-corrected chi connectivity index (χ4v) is 4.44. The zero-order valence-electron chi connectivity index (χ0n) is 21.5. The van der Waals surface area contributed by atoms with Crippen molar-refractivity contribution in [2.75, 3.05) is 31.6 Å². The number of nitrogens with one attached hydrogen (secondary N) is 2. The Morgan fingerprint density at radius 2 is 2.03 bits per heavy atom. The van der Waals surface area contributed by atoms with Gasteiger partial charge in [0.05, 0.1) is 17.3 Å². The molecule has 0 aromatic heterocycles. The summed E-state index contributed by atoms with van der Waals surface area (Å²) in [6.45, 7) is 0.836. The van der Waals surface area contributed by atoms with Gasteiger partial charge >= 0.3 is 0 Å². The van der Waals surface area contributed by atoms with Gasteiger partial charge in [0.1, 0.15) is 11.8 Å². The van der Waals surface area contributed by atoms with E-state index in [9.17, 15) is 14.4 Å². The molecule has 8 nitrogen and oxygen atoms in total. The van der Waals surface area contributed by atoms with Gasteiger partial charge in [0.2, 0.25) is 11.8 Å². The summed E-state index contributed by atoms with van der Waals surface area (Å²) in [5.41, 5.74) is 1.42. The van der Waals surface area contributed by atoms with E-state index in [-0.39, 0.29) is 36.2 Å². The number of anilines is 1. The highest BCUT2D eigenvalue weighted by Gasteiger charge is 2.39. The van der Waals surface area contributed by atoms with Crippen LogP contribution in [0.5, 0.6) is 0 Å². The molecule has 0 bridgehead atoms. The van der Waals surface area contributed by atoms with Gasteiger partial charge in [-0.1, -0.05) is 18.2 Å². The summed E-state index contributed by atoms with van der Waals surface area (Å²) in [4.78, 5) is 40.4. The minimum absolute atomic E-state index is 0.0656. The fraction of sp³-hybridized carbons (Fsp3) is 0.400. The topological polar surface area (TPSA) is 91.0 Å². The van der Waals surface area contributed by atoms with E-state index in [0.29, 0.717) is 25.3 Å². The molecule has 2 fully saturated rings. The molecule has 0 spiro atoms. The van der Waals surface area contributed by atoms with Gasteiger partial charge in [-0.25, -0.2) is 4.39 Å². The van der Waals surface area contributed by atoms with Crippen LogP contribution < -0.4 is 10.6 Å². The number of benzene rings is 2. The van der Waals surface area contributed by atoms with Gasteiger partial charge in [-0.15, -0.1) is 0 Å². The van der Waals surface area contributed by atoms with Crippen LogP contribution in [0.1, 0.15) is 44.0 Å². The number of hydrogen-bond acceptors (Lipinski definition) is 6. The van der Waals surface area contributed by atoms with E-state index in [1.807, 2.05) is 0 Å². The molecule has 3 heterocycles. The summed E-state index contributed by atoms with van der Waals surface area (Å²) in [6.07, 6.45) is -0.202. The van der Waals surface area contributed by atoms with Gasteiger partial charge in [0.25, 0.3) is 5.91 Å². The smallest absolute Gasteiger partial charge is 0.255 e. The molecular weight excluding hydrogens is 439 g/mol. The van der Waals surface area contributed by atoms with Crippen LogP contribution in [-0.2, 0) is 33.9 Å². The number of amides is 3. The minimum atomic E-state index is -2.32. The average Bonchev–Trinajstić information content (AvgIpc) is 3.20. The second kappa shape index (κ2) is 9.52. The molecule has 2 N–H and O–H groups in total. The highest BCUT2D eigenvalue weighted by Crippen LogP contribution is 2.32. The third-order valence-electron chi connectivity index (χ3n) is 6.27. The van der Waals surface area contributed by atoms with Crippen molar-refractivity contribution >= 4 is 23.4 Å². The van der Waals surface area contributed by atoms with Gasteiger partial charge in [-0.05, 0) is 30.2 Å². The Morgan fingerprint density at radius 1 is 1.21 bits per heavy atom. The van der Waals surface area contributed by atoms with Gasteiger partial charge < -0.3 is 15.0 Å². The van der Waals surface area contributed by atoms with Gasteiger partial charge in [0.15, 0.2) is 0 Å². The molecule has 178 valence electrons. The maximum Gasteiger partial charge on any atom is 0.255 e. The lowest BCUT2D eigenvalue weighted by atomic mass is 10.0. The molecule has 0 aliphatic carbocycles. The first-order valence-corrected chi connectivity index (χ1v) is 11.2. The molecule has 3 amide bonds. The van der Waals surface area contributed by atoms with E-state index in [1.165, 1.54) is 18.2 Å². The number of carbonyl (C=O) groups excluding carboxylic acids is 3. The molecule has 0 saturated carbocycles. The molecule has 1 atom stereocenters. The van der Waals surface area contributed by atoms with Crippen molar-refractivity contribution in [3.63, 3.8) is 0 Å². The highest BCUT2D eigenvalue weighted by atomic mass is 19.1. The Kier molecular flexibility index (Phi) is 5.33. The quantitative estimate of drug-likeness (QED) is 0.630. The van der Waals surface area contributed by atoms with Crippen molar-refractivity contribution in [1.29, 1.82) is 0 Å². The largest absolute Gasteiger partial charge is 0.381 e. The molecule has 5 rings (SSSR count). The number of halogens is 1. The first-order chi connectivity index (χ1) is 17.6. The lowest BCUT2D eigenvalue weighted by Gasteiger charge is -2.29. The molecule has 2 saturated heterocycles. The Morgan fingerprint density at radius 3 is 2.79 bits per heavy atom. The van der Waals surface area contributed by atoms with Gasteiger partial charge in [0, 0.05) is 61.5 Å². The highest BCUT2D eigenvalue weighted by molar-refractivity contribution is 6.06. The molecule has 3 aliphatic heterocycles. The number of hydrogen-bond donors (Lipinski definition) is 2. The van der Waals surface area contributed by atoms with E-state index in [1.54, 1.807) is 18.2 Å². The maximum absolute atomic E-state index is 15.1. The molecule has 34 heavy (non-hydrogen) atoms. The van der Waals surface area contributed by atoms with Gasteiger partial charge in [-0.2, -0.15) is 0 Å². The van der Waals surface area contributed by atoms with E-state index in [2.05, 4.69) is 15.5 Å². The van der Waals surface area contributed by atoms with E-state index in [4.69, 9.17) is 8.85 Å². The number of fused-ring (bicyclic) bond motifs is 1. The molecular formula is C25H27FN4O4. The first kappa shape index (κ1) is 19.1. The Bertz CT molecular complexity index is 1270. The fourth-order valence-electron chi connectivity index (χ4n) is 4.44. The minimum Gasteiger partial charge on any atom is -0.381 e. The monoisotopic (exact) mass is 469 g/mol. The average molecular weight is 470 g/mol. The van der Waals surface area contributed by atoms with Crippen molar-refractivity contribution in [3.8, 4) is 0 Å². The SMILES string of the molecule is [2H]C([2H])(Nc1cccc2c1CN([C@]1([2H])CCC(=O)NC1=O)C2=O)c1ccc(CN2CCOCC2)cc1F. The third-order valence-corrected chi connectivity index (χ3v) is 6.27. The van der Waals surface area contributed by atoms with Crippen LogP contribution in [0, 0.1) is 5.82 Å². The predicted molar refractivity (Wildman–Crippen MR) is 122 cm³/mol. The lowest BCUT2D eigenvalue weighted by molar-refractivity contribution is -0.136. The van der Waals surface area contributed by atoms with Crippen LogP contribution in [0.3, 0.4) is 0 Å². The number of piperidine rings is 1. The number of ether oxygens (including phenoxy) is 1. The van der Waals surface area contributed by atoms with Crippen LogP contribution in [0.25, 0.3) is 0 Å². The number of nitrogens with zero attached hydrogens (tertiary/aromatic N) is 2. The predicted octanol–water partition coefficient (Wildman–Crippen LogP) is 2.03. The van der Waals surface area contributed by atoms with Crippen LogP contribution in [0.4, 0.5) is 10.1 Å². The normalized spacial score (nSPS) is 24.8. The summed E-state index contributed by atoms with van der Waals surface area (Å²) < 4.78 is 46.2. The summed E-state index contributed by atoms with van der Waals surface area (Å²) in [5, 5.41) is 4.84. The van der Waals surface area contributed by atoms with Gasteiger partial charge in [-0.3, -0.25) is 24.6 Å². The molecule has 2 aromatic carbocycles. The van der Waals surface area contributed by atoms with E-state index >= 15 is 4.39 Å². The molecule has 0 unspecified atom stereocenters. The number of morpholine rings is 1. The standard InChI is InChI=1S/C25H27FN4O4/c26-20-12-16(14-29-8-10-34-11-9-29)4-5-17(20)13-27-21-3-1-2-18-19(21)15-30(25(18)33)22-6-7-23(31)28-24(22)32/h1-5,12,22,27H,6-11,13-15H2,(H,28,31,32)/t22-/m1/s1/i13D2,22D. The number of carbonyl (C=O) groups is 3. The molecule has 2 aromatic rings. The number of imide groups is 1. The summed E-state index contributed by atoms with van der Waals surface area (Å²) in [5.74, 6) is -2.61. The third kappa shape index (κ3) is 4.53. The summed E-state index contributed by atoms with van der Waals surface area (Å²) in [6, 6.07) is 7.15. The van der Waals surface area contributed by atoms with Crippen molar-refractivity contribution in [2.45, 2.75) is 38.4 Å². The summed E-state index contributed by atoms with van der Waals surface area (Å²) in [7, 11) is 0. The summed E-state index contributed by atoms with van der Waals surface area (Å²) >= 11 is 0. The van der Waals surface area contributed by atoms with Crippen LogP contribution in [0.2, 0.25) is 0 Å². The van der Waals surface area contributed by atoms with Crippen LogP contribution in [-0.4, -0.2) is 59.8 Å².